The molecule has 0 aliphatic heterocycles. The highest BCUT2D eigenvalue weighted by atomic mass is 16.3. The zero-order valence-corrected chi connectivity index (χ0v) is 32.0. The molecule has 0 amide bonds. The van der Waals surface area contributed by atoms with E-state index in [2.05, 4.69) is 36.4 Å². The highest BCUT2D eigenvalue weighted by molar-refractivity contribution is 6.71. The lowest BCUT2D eigenvalue weighted by Crippen LogP contribution is -2.56. The molecule has 15 heteroatoms. The number of fused-ring (bicyclic) bond motifs is 3. The number of hydrogen-bond acceptors (Lipinski definition) is 4. The molecule has 9 rings (SSSR count). The molecule has 0 spiro atoms. The average Bonchev–Trinajstić information content (AvgIpc) is 3.69. The maximum atomic E-state index is 7.15. The number of aromatic nitrogens is 3. The SMILES string of the molecule is [B]c1c([B])c([B])c(-c2c([B])c([B])c([B])c3oc4c([B])c([B])c(-c5nc(-c6ccccc6)nc(-c6ccc(-c7ccc(-c8ccccc8)cc7)cc6)n5)c([B])c4c23)c([B])c1[B]. The van der Waals surface area contributed by atoms with Crippen molar-refractivity contribution < 1.29 is 4.42 Å². The Morgan fingerprint density at radius 2 is 0.600 bits per heavy atom. The molecule has 252 valence electrons. The van der Waals surface area contributed by atoms with Crippen LogP contribution in [0, 0.1) is 0 Å². The molecule has 0 aliphatic rings. The Balaban J connectivity index is 1.26. The molecule has 4 nitrogen and oxygen atoms in total. The molecule has 0 atom stereocenters. The van der Waals surface area contributed by atoms with E-state index in [0.717, 1.165) is 27.8 Å². The predicted octanol–water partition coefficient (Wildman–Crippen LogP) is -1.50. The second-order valence-corrected chi connectivity index (χ2v) is 14.4. The smallest absolute Gasteiger partial charge is 0.164 e. The third-order valence-electron chi connectivity index (χ3n) is 10.9. The van der Waals surface area contributed by atoms with Gasteiger partial charge in [0.05, 0.1) is 0 Å². The molecule has 0 unspecified atom stereocenters. The highest BCUT2D eigenvalue weighted by Crippen LogP contribution is 2.34. The maximum Gasteiger partial charge on any atom is 0.164 e. The first kappa shape index (κ1) is 39.5. The van der Waals surface area contributed by atoms with Crippen LogP contribution in [0.25, 0.3) is 89.5 Å². The molecule has 2 heterocycles. The molecule has 0 saturated carbocycles. The molecule has 7 aromatic carbocycles. The van der Waals surface area contributed by atoms with Gasteiger partial charge in [-0.15, -0.1) is 21.9 Å². The predicted molar refractivity (Wildman–Crippen MR) is 259 cm³/mol. The monoisotopic (exact) mass is 737 g/mol. The van der Waals surface area contributed by atoms with Gasteiger partial charge in [-0.1, -0.05) is 147 Å². The number of furan rings is 1. The topological polar surface area (TPSA) is 51.8 Å². The largest absolute Gasteiger partial charge is 0.457 e. The molecule has 0 aliphatic carbocycles. The molecule has 60 heavy (non-hydrogen) atoms. The zero-order chi connectivity index (χ0) is 42.1. The number of rotatable bonds is 6. The van der Waals surface area contributed by atoms with Gasteiger partial charge in [-0.05, 0) is 33.4 Å². The summed E-state index contributed by atoms with van der Waals surface area (Å²) < 4.78 is 6.32. The van der Waals surface area contributed by atoms with Crippen molar-refractivity contribution in [2.75, 3.05) is 0 Å². The van der Waals surface area contributed by atoms with Crippen LogP contribution < -0.4 is 60.1 Å². The van der Waals surface area contributed by atoms with Gasteiger partial charge >= 0.3 is 0 Å². The second-order valence-electron chi connectivity index (χ2n) is 14.4. The van der Waals surface area contributed by atoms with Crippen LogP contribution in [-0.2, 0) is 0 Å². The molecule has 0 saturated heterocycles. The van der Waals surface area contributed by atoms with E-state index < -0.39 is 0 Å². The van der Waals surface area contributed by atoms with Crippen LogP contribution >= 0.6 is 0 Å². The maximum absolute atomic E-state index is 7.15. The first-order valence-electron chi connectivity index (χ1n) is 18.6. The minimum Gasteiger partial charge on any atom is -0.457 e. The van der Waals surface area contributed by atoms with Gasteiger partial charge in [0.1, 0.15) is 97.5 Å². The summed E-state index contributed by atoms with van der Waals surface area (Å²) in [6.07, 6.45) is 0. The van der Waals surface area contributed by atoms with Crippen molar-refractivity contribution in [2.24, 2.45) is 0 Å². The quantitative estimate of drug-likeness (QED) is 0.196. The van der Waals surface area contributed by atoms with Crippen molar-refractivity contribution in [3.8, 4) is 67.5 Å². The lowest BCUT2D eigenvalue weighted by Gasteiger charge is -2.25. The van der Waals surface area contributed by atoms with E-state index in [1.54, 1.807) is 0 Å². The van der Waals surface area contributed by atoms with E-state index in [-0.39, 0.29) is 105 Å². The van der Waals surface area contributed by atoms with E-state index in [1.165, 1.54) is 0 Å². The van der Waals surface area contributed by atoms with Crippen LogP contribution in [0.15, 0.2) is 114 Å². The molecule has 0 bridgehead atoms. The summed E-state index contributed by atoms with van der Waals surface area (Å²) in [5.74, 6) is 0.853. The van der Waals surface area contributed by atoms with Crippen molar-refractivity contribution in [1.82, 2.24) is 15.0 Å². The summed E-state index contributed by atoms with van der Waals surface area (Å²) >= 11 is 0. The zero-order valence-electron chi connectivity index (χ0n) is 32.0. The van der Waals surface area contributed by atoms with Gasteiger partial charge in [0.15, 0.2) is 17.5 Å². The number of hydrogen-bond donors (Lipinski definition) is 0. The van der Waals surface area contributed by atoms with Crippen molar-refractivity contribution in [1.29, 1.82) is 0 Å². The Morgan fingerprint density at radius 3 is 1.12 bits per heavy atom. The summed E-state index contributed by atoms with van der Waals surface area (Å²) in [6, 6.07) is 36.0. The van der Waals surface area contributed by atoms with Crippen LogP contribution in [0.1, 0.15) is 0 Å². The Bertz CT molecular complexity index is 3170. The van der Waals surface area contributed by atoms with Crippen LogP contribution in [0.2, 0.25) is 0 Å². The standard InChI is InChI=1S/C45H18B11N3O/c46-30-28-26-25(27-32(48)35(51)38(54)36(52)33(27)49)31(47)37(53)40(56)41(26)60-42(28)39(55)34(50)29(30)45-58-43(23-9-5-2-6-10-23)57-44(59-45)24-17-15-22(16-18-24)21-13-11-20(12-14-21)19-7-3-1-4-8-19/h1-18H. The molecule has 0 N–H and O–H groups in total. The fourth-order valence-corrected chi connectivity index (χ4v) is 7.62. The summed E-state index contributed by atoms with van der Waals surface area (Å²) in [5.41, 5.74) is 6.65. The average molecular weight is 736 g/mol. The van der Waals surface area contributed by atoms with Gasteiger partial charge in [0.2, 0.25) is 0 Å². The summed E-state index contributed by atoms with van der Waals surface area (Å²) in [6.45, 7) is 0. The Kier molecular flexibility index (Phi) is 10.1. The third-order valence-corrected chi connectivity index (χ3v) is 10.9. The first-order chi connectivity index (χ1) is 28.8. The van der Waals surface area contributed by atoms with Crippen LogP contribution in [0.3, 0.4) is 0 Å². The van der Waals surface area contributed by atoms with E-state index in [9.17, 15) is 0 Å². The summed E-state index contributed by atoms with van der Waals surface area (Å²) in [4.78, 5) is 14.7. The van der Waals surface area contributed by atoms with Gasteiger partial charge in [-0.25, -0.2) is 15.0 Å². The Labute approximate surface area is 362 Å². The van der Waals surface area contributed by atoms with Crippen molar-refractivity contribution in [3.63, 3.8) is 0 Å². The van der Waals surface area contributed by atoms with Gasteiger partial charge < -0.3 is 4.42 Å². The Morgan fingerprint density at radius 1 is 0.267 bits per heavy atom. The summed E-state index contributed by atoms with van der Waals surface area (Å²) in [7, 11) is 72.4. The van der Waals surface area contributed by atoms with E-state index in [1.807, 2.05) is 72.8 Å². The van der Waals surface area contributed by atoms with Crippen LogP contribution in [0.5, 0.6) is 0 Å². The van der Waals surface area contributed by atoms with Gasteiger partial charge in [-0.2, -0.15) is 0 Å². The van der Waals surface area contributed by atoms with Crippen molar-refractivity contribution in [2.45, 2.75) is 0 Å². The normalized spacial score (nSPS) is 11.4. The summed E-state index contributed by atoms with van der Waals surface area (Å²) in [5, 5.41) is 0.533. The lowest BCUT2D eigenvalue weighted by atomic mass is 9.58. The lowest BCUT2D eigenvalue weighted by molar-refractivity contribution is 0.675. The molecule has 0 fully saturated rings. The van der Waals surface area contributed by atoms with Gasteiger partial charge in [-0.3, -0.25) is 0 Å². The fraction of sp³-hybridized carbons (Fsp3) is 0. The minimum atomic E-state index is -0.0144. The van der Waals surface area contributed by atoms with E-state index >= 15 is 0 Å². The van der Waals surface area contributed by atoms with E-state index in [0.29, 0.717) is 17.2 Å². The third kappa shape index (κ3) is 6.36. The molecule has 2 aromatic heterocycles. The fourth-order valence-electron chi connectivity index (χ4n) is 7.62. The molecular weight excluding hydrogens is 717 g/mol. The molecular formula is C45H18B11N3O. The Hall–Kier alpha value is -5.94. The highest BCUT2D eigenvalue weighted by Gasteiger charge is 2.27. The van der Waals surface area contributed by atoms with Gasteiger partial charge in [0.25, 0.3) is 0 Å². The van der Waals surface area contributed by atoms with Crippen LogP contribution in [-0.4, -0.2) is 101 Å². The number of benzene rings is 7. The minimum absolute atomic E-state index is 0.00207. The first-order valence-corrected chi connectivity index (χ1v) is 18.6. The number of nitrogens with zero attached hydrogens (tertiary/aromatic N) is 3. The van der Waals surface area contributed by atoms with E-state index in [4.69, 9.17) is 106 Å². The second kappa shape index (κ2) is 15.3. The molecule has 9 aromatic rings. The van der Waals surface area contributed by atoms with Crippen LogP contribution in [0.4, 0.5) is 0 Å². The molecule has 22 radical (unpaired) electrons. The van der Waals surface area contributed by atoms with Crippen molar-refractivity contribution >= 4 is 168 Å². The van der Waals surface area contributed by atoms with Crippen molar-refractivity contribution in [3.05, 3.63) is 109 Å². The van der Waals surface area contributed by atoms with Gasteiger partial charge in [0, 0.05) is 27.5 Å².